The fraction of sp³-hybridized carbons (Fsp3) is 0.0476. The number of esters is 1. The van der Waals surface area contributed by atoms with Crippen molar-refractivity contribution in [2.24, 2.45) is 0 Å². The number of hydrogen-bond donors (Lipinski definition) is 1. The number of benzene rings is 2. The second-order valence-corrected chi connectivity index (χ2v) is 7.03. The van der Waals surface area contributed by atoms with Gasteiger partial charge in [-0.3, -0.25) is 0 Å². The number of aromatic nitrogens is 5. The van der Waals surface area contributed by atoms with E-state index in [1.807, 2.05) is 36.5 Å². The molecule has 0 saturated heterocycles. The summed E-state index contributed by atoms with van der Waals surface area (Å²) in [6, 6.07) is 12.9. The zero-order valence-corrected chi connectivity index (χ0v) is 16.4. The molecule has 0 spiro atoms. The summed E-state index contributed by atoms with van der Waals surface area (Å²) in [4.78, 5) is 16.4. The van der Waals surface area contributed by atoms with Crippen LogP contribution in [0.4, 0.5) is 0 Å². The summed E-state index contributed by atoms with van der Waals surface area (Å²) in [5, 5.41) is 20.9. The summed E-state index contributed by atoms with van der Waals surface area (Å²) in [5.74, 6) is -0.909. The predicted molar refractivity (Wildman–Crippen MR) is 111 cm³/mol. The van der Waals surface area contributed by atoms with Crippen LogP contribution in [0.5, 0.6) is 5.75 Å². The standard InChI is InChI=1S/C21H14ClN5O3/c1-30-21(29)18-19(28)16-6-5-12(7-17(16)20-23-11-25-27(18)20)13-9-24-26(10-13)15-4-2-3-14(22)8-15/h2-11,28H,1H3. The van der Waals surface area contributed by atoms with Crippen molar-refractivity contribution in [3.63, 3.8) is 0 Å². The zero-order valence-electron chi connectivity index (χ0n) is 15.7. The first kappa shape index (κ1) is 18.1. The molecule has 0 aliphatic carbocycles. The van der Waals surface area contributed by atoms with Crippen molar-refractivity contribution in [1.82, 2.24) is 24.4 Å². The van der Waals surface area contributed by atoms with Crippen LogP contribution in [0, 0.1) is 0 Å². The van der Waals surface area contributed by atoms with Crippen molar-refractivity contribution in [2.45, 2.75) is 0 Å². The SMILES string of the molecule is COC(=O)c1c(O)c2ccc(-c3cnn(-c4cccc(Cl)c4)c3)cc2c2ncnn12. The number of aromatic hydroxyl groups is 1. The molecule has 3 aromatic heterocycles. The van der Waals surface area contributed by atoms with E-state index >= 15 is 0 Å². The Kier molecular flexibility index (Phi) is 4.14. The van der Waals surface area contributed by atoms with Gasteiger partial charge in [0.05, 0.1) is 19.0 Å². The van der Waals surface area contributed by atoms with Crippen molar-refractivity contribution in [2.75, 3.05) is 7.11 Å². The van der Waals surface area contributed by atoms with Crippen LogP contribution in [0.15, 0.2) is 61.2 Å². The number of carbonyl (C=O) groups is 1. The molecule has 0 bridgehead atoms. The van der Waals surface area contributed by atoms with Crippen molar-refractivity contribution in [1.29, 1.82) is 0 Å². The van der Waals surface area contributed by atoms with Gasteiger partial charge < -0.3 is 9.84 Å². The zero-order chi connectivity index (χ0) is 20.8. The molecular weight excluding hydrogens is 406 g/mol. The quantitative estimate of drug-likeness (QED) is 0.446. The molecule has 1 N–H and O–H groups in total. The van der Waals surface area contributed by atoms with Crippen LogP contribution >= 0.6 is 11.6 Å². The van der Waals surface area contributed by atoms with Gasteiger partial charge >= 0.3 is 5.97 Å². The average Bonchev–Trinajstić information content (AvgIpc) is 3.43. The van der Waals surface area contributed by atoms with E-state index in [4.69, 9.17) is 16.3 Å². The van der Waals surface area contributed by atoms with Gasteiger partial charge in [0.25, 0.3) is 0 Å². The van der Waals surface area contributed by atoms with Crippen LogP contribution < -0.4 is 0 Å². The second-order valence-electron chi connectivity index (χ2n) is 6.60. The van der Waals surface area contributed by atoms with E-state index in [0.717, 1.165) is 16.8 Å². The maximum Gasteiger partial charge on any atom is 0.360 e. The number of ether oxygens (including phenoxy) is 1. The third-order valence-electron chi connectivity index (χ3n) is 4.87. The Morgan fingerprint density at radius 1 is 1.10 bits per heavy atom. The number of methoxy groups -OCH3 is 1. The first-order valence-electron chi connectivity index (χ1n) is 8.94. The highest BCUT2D eigenvalue weighted by atomic mass is 35.5. The van der Waals surface area contributed by atoms with Gasteiger partial charge in [0, 0.05) is 27.6 Å². The maximum atomic E-state index is 12.1. The molecule has 0 fully saturated rings. The Hall–Kier alpha value is -3.91. The van der Waals surface area contributed by atoms with Crippen LogP contribution in [0.25, 0.3) is 33.2 Å². The van der Waals surface area contributed by atoms with Crippen LogP contribution in [-0.4, -0.2) is 42.6 Å². The molecule has 0 radical (unpaired) electrons. The molecule has 0 saturated carbocycles. The van der Waals surface area contributed by atoms with Gasteiger partial charge in [-0.05, 0) is 35.9 Å². The van der Waals surface area contributed by atoms with Gasteiger partial charge in [-0.15, -0.1) is 0 Å². The summed E-state index contributed by atoms with van der Waals surface area (Å²) in [7, 11) is 1.25. The molecule has 8 nitrogen and oxygen atoms in total. The van der Waals surface area contributed by atoms with E-state index in [1.165, 1.54) is 18.0 Å². The molecule has 148 valence electrons. The van der Waals surface area contributed by atoms with Gasteiger partial charge in [-0.1, -0.05) is 23.7 Å². The number of rotatable bonds is 3. The predicted octanol–water partition coefficient (Wildman–Crippen LogP) is 3.88. The minimum atomic E-state index is -0.697. The molecular formula is C21H14ClN5O3. The monoisotopic (exact) mass is 419 g/mol. The normalized spacial score (nSPS) is 11.3. The van der Waals surface area contributed by atoms with Crippen LogP contribution in [0.2, 0.25) is 5.02 Å². The molecule has 0 unspecified atom stereocenters. The smallest absolute Gasteiger partial charge is 0.360 e. The molecule has 0 amide bonds. The Bertz CT molecular complexity index is 1440. The lowest BCUT2D eigenvalue weighted by Gasteiger charge is -2.10. The maximum absolute atomic E-state index is 12.1. The Balaban J connectivity index is 1.67. The number of carbonyl (C=O) groups excluding carboxylic acids is 1. The van der Waals surface area contributed by atoms with E-state index < -0.39 is 5.97 Å². The summed E-state index contributed by atoms with van der Waals surface area (Å²) < 4.78 is 7.79. The number of halogens is 1. The molecule has 30 heavy (non-hydrogen) atoms. The summed E-state index contributed by atoms with van der Waals surface area (Å²) in [6.45, 7) is 0. The van der Waals surface area contributed by atoms with Gasteiger partial charge in [0.1, 0.15) is 6.33 Å². The number of nitrogens with zero attached hydrogens (tertiary/aromatic N) is 5. The Morgan fingerprint density at radius 3 is 2.77 bits per heavy atom. The number of pyridine rings is 1. The van der Waals surface area contributed by atoms with Gasteiger partial charge in [-0.2, -0.15) is 10.2 Å². The molecule has 3 heterocycles. The highest BCUT2D eigenvalue weighted by molar-refractivity contribution is 6.30. The summed E-state index contributed by atoms with van der Waals surface area (Å²) in [5.41, 5.74) is 2.94. The van der Waals surface area contributed by atoms with Gasteiger partial charge in [0.15, 0.2) is 17.1 Å². The lowest BCUT2D eigenvalue weighted by molar-refractivity contribution is 0.0587. The van der Waals surface area contributed by atoms with E-state index in [-0.39, 0.29) is 11.4 Å². The highest BCUT2D eigenvalue weighted by Gasteiger charge is 2.22. The number of hydrogen-bond acceptors (Lipinski definition) is 6. The average molecular weight is 420 g/mol. The molecule has 0 aliphatic rings. The third-order valence-corrected chi connectivity index (χ3v) is 5.10. The highest BCUT2D eigenvalue weighted by Crippen LogP contribution is 2.34. The summed E-state index contributed by atoms with van der Waals surface area (Å²) in [6.07, 6.45) is 4.95. The lowest BCUT2D eigenvalue weighted by atomic mass is 10.0. The van der Waals surface area contributed by atoms with Gasteiger partial charge in [-0.25, -0.2) is 19.0 Å². The fourth-order valence-corrected chi connectivity index (χ4v) is 3.63. The minimum Gasteiger partial charge on any atom is -0.505 e. The molecule has 0 atom stereocenters. The van der Waals surface area contributed by atoms with Crippen molar-refractivity contribution in [3.8, 4) is 22.6 Å². The molecule has 5 rings (SSSR count). The van der Waals surface area contributed by atoms with Crippen LogP contribution in [0.1, 0.15) is 10.5 Å². The molecule has 0 aliphatic heterocycles. The number of fused-ring (bicyclic) bond motifs is 3. The molecule has 9 heteroatoms. The van der Waals surface area contributed by atoms with E-state index in [1.54, 1.807) is 23.0 Å². The van der Waals surface area contributed by atoms with E-state index in [9.17, 15) is 9.90 Å². The first-order chi connectivity index (χ1) is 14.6. The Labute approximate surface area is 174 Å². The molecule has 2 aromatic carbocycles. The fourth-order valence-electron chi connectivity index (χ4n) is 3.44. The first-order valence-corrected chi connectivity index (χ1v) is 9.32. The second kappa shape index (κ2) is 6.85. The topological polar surface area (TPSA) is 94.5 Å². The molecule has 5 aromatic rings. The third kappa shape index (κ3) is 2.77. The summed E-state index contributed by atoms with van der Waals surface area (Å²) >= 11 is 6.08. The van der Waals surface area contributed by atoms with Crippen LogP contribution in [0.3, 0.4) is 0 Å². The van der Waals surface area contributed by atoms with Crippen molar-refractivity contribution in [3.05, 3.63) is 71.9 Å². The lowest BCUT2D eigenvalue weighted by Crippen LogP contribution is -2.10. The van der Waals surface area contributed by atoms with Crippen molar-refractivity contribution < 1.29 is 14.6 Å². The van der Waals surface area contributed by atoms with Crippen LogP contribution in [-0.2, 0) is 4.74 Å². The largest absolute Gasteiger partial charge is 0.505 e. The Morgan fingerprint density at radius 2 is 1.97 bits per heavy atom. The van der Waals surface area contributed by atoms with E-state index in [0.29, 0.717) is 21.4 Å². The minimum absolute atomic E-state index is 0.0703. The van der Waals surface area contributed by atoms with Gasteiger partial charge in [0.2, 0.25) is 0 Å². The van der Waals surface area contributed by atoms with E-state index in [2.05, 4.69) is 15.2 Å². The van der Waals surface area contributed by atoms with Crippen molar-refractivity contribution >= 4 is 34.0 Å².